The summed E-state index contributed by atoms with van der Waals surface area (Å²) in [5.41, 5.74) is 5.25. The molecular formula is C24H34O2. The van der Waals surface area contributed by atoms with Crippen molar-refractivity contribution in [3.8, 4) is 11.5 Å². The van der Waals surface area contributed by atoms with E-state index < -0.39 is 0 Å². The standard InChI is InChI=1S/C24H34O2/c1-7-20(16-22-14-18(3)9-11-24(22)26-6)12-19(4)15-21-13-17(2)8-10-23(21)25-5/h8-11,13-14,19-20H,7,12,15-16H2,1-6H3/t19-,20-/m1/s1. The van der Waals surface area contributed by atoms with Gasteiger partial charge in [-0.2, -0.15) is 0 Å². The summed E-state index contributed by atoms with van der Waals surface area (Å²) in [5.74, 6) is 3.31. The lowest BCUT2D eigenvalue weighted by Crippen LogP contribution is -2.12. The zero-order valence-corrected chi connectivity index (χ0v) is 17.3. The average Bonchev–Trinajstić information content (AvgIpc) is 2.61. The van der Waals surface area contributed by atoms with Crippen LogP contribution in [-0.4, -0.2) is 14.2 Å². The first kappa shape index (κ1) is 20.4. The van der Waals surface area contributed by atoms with Crippen LogP contribution in [0.5, 0.6) is 11.5 Å². The van der Waals surface area contributed by atoms with Gasteiger partial charge in [0.25, 0.3) is 0 Å². The monoisotopic (exact) mass is 354 g/mol. The fraction of sp³-hybridized carbons (Fsp3) is 0.500. The van der Waals surface area contributed by atoms with Gasteiger partial charge in [0.05, 0.1) is 14.2 Å². The number of benzene rings is 2. The van der Waals surface area contributed by atoms with Crippen molar-refractivity contribution in [2.75, 3.05) is 14.2 Å². The normalized spacial score (nSPS) is 13.3. The van der Waals surface area contributed by atoms with Crippen molar-refractivity contribution in [1.29, 1.82) is 0 Å². The molecule has 0 saturated carbocycles. The summed E-state index contributed by atoms with van der Waals surface area (Å²) in [6.45, 7) is 8.95. The van der Waals surface area contributed by atoms with Crippen LogP contribution in [-0.2, 0) is 12.8 Å². The van der Waals surface area contributed by atoms with Crippen LogP contribution < -0.4 is 9.47 Å². The van der Waals surface area contributed by atoms with E-state index in [0.29, 0.717) is 11.8 Å². The van der Waals surface area contributed by atoms with Gasteiger partial charge in [0.1, 0.15) is 11.5 Å². The number of aryl methyl sites for hydroxylation is 2. The van der Waals surface area contributed by atoms with Gasteiger partial charge in [-0.25, -0.2) is 0 Å². The SMILES string of the molecule is CC[C@@H](Cc1cc(C)ccc1OC)C[C@@H](C)Cc1cc(C)ccc1OC. The molecule has 0 aromatic heterocycles. The van der Waals surface area contributed by atoms with E-state index >= 15 is 0 Å². The van der Waals surface area contributed by atoms with Crippen molar-refractivity contribution in [2.24, 2.45) is 11.8 Å². The lowest BCUT2D eigenvalue weighted by molar-refractivity contribution is 0.358. The molecule has 2 aromatic rings. The Morgan fingerprint density at radius 1 is 0.808 bits per heavy atom. The molecule has 0 radical (unpaired) electrons. The highest BCUT2D eigenvalue weighted by atomic mass is 16.5. The van der Waals surface area contributed by atoms with Gasteiger partial charge in [-0.1, -0.05) is 55.7 Å². The minimum atomic E-state index is 0.617. The Hall–Kier alpha value is -1.96. The Balaban J connectivity index is 2.06. The van der Waals surface area contributed by atoms with Crippen molar-refractivity contribution in [3.63, 3.8) is 0 Å². The molecule has 0 heterocycles. The average molecular weight is 355 g/mol. The zero-order chi connectivity index (χ0) is 19.1. The topological polar surface area (TPSA) is 18.5 Å². The minimum Gasteiger partial charge on any atom is -0.496 e. The second-order valence-electron chi connectivity index (χ2n) is 7.65. The molecule has 2 atom stereocenters. The fourth-order valence-corrected chi connectivity index (χ4v) is 3.87. The Morgan fingerprint density at radius 2 is 1.31 bits per heavy atom. The van der Waals surface area contributed by atoms with Gasteiger partial charge in [0.2, 0.25) is 0 Å². The molecule has 0 aliphatic rings. The van der Waals surface area contributed by atoms with E-state index in [1.807, 2.05) is 0 Å². The summed E-state index contributed by atoms with van der Waals surface area (Å²) < 4.78 is 11.1. The third-order valence-corrected chi connectivity index (χ3v) is 5.26. The Morgan fingerprint density at radius 3 is 1.77 bits per heavy atom. The summed E-state index contributed by atoms with van der Waals surface area (Å²) in [4.78, 5) is 0. The third-order valence-electron chi connectivity index (χ3n) is 5.26. The number of rotatable bonds is 9. The van der Waals surface area contributed by atoms with Crippen LogP contribution in [0.15, 0.2) is 36.4 Å². The van der Waals surface area contributed by atoms with Crippen LogP contribution in [0.2, 0.25) is 0 Å². The van der Waals surface area contributed by atoms with E-state index in [-0.39, 0.29) is 0 Å². The van der Waals surface area contributed by atoms with Gasteiger partial charge in [-0.3, -0.25) is 0 Å². The molecule has 2 heteroatoms. The number of ether oxygens (including phenoxy) is 2. The van der Waals surface area contributed by atoms with Crippen LogP contribution in [0.1, 0.15) is 48.9 Å². The highest BCUT2D eigenvalue weighted by Gasteiger charge is 2.17. The van der Waals surface area contributed by atoms with Gasteiger partial charge >= 0.3 is 0 Å². The molecule has 0 amide bonds. The maximum atomic E-state index is 5.57. The largest absolute Gasteiger partial charge is 0.496 e. The van der Waals surface area contributed by atoms with Crippen LogP contribution in [0, 0.1) is 25.7 Å². The van der Waals surface area contributed by atoms with Crippen LogP contribution in [0.3, 0.4) is 0 Å². The molecule has 0 N–H and O–H groups in total. The molecule has 0 saturated heterocycles. The van der Waals surface area contributed by atoms with Crippen molar-refractivity contribution in [2.45, 2.75) is 53.4 Å². The maximum Gasteiger partial charge on any atom is 0.122 e. The summed E-state index contributed by atoms with van der Waals surface area (Å²) in [6.07, 6.45) is 4.54. The molecule has 0 bridgehead atoms. The molecule has 0 aliphatic carbocycles. The van der Waals surface area contributed by atoms with Gasteiger partial charge in [0, 0.05) is 0 Å². The number of methoxy groups -OCH3 is 2. The Labute approximate surface area is 159 Å². The van der Waals surface area contributed by atoms with Gasteiger partial charge in [-0.15, -0.1) is 0 Å². The summed E-state index contributed by atoms with van der Waals surface area (Å²) in [7, 11) is 3.53. The van der Waals surface area contributed by atoms with Crippen LogP contribution in [0.25, 0.3) is 0 Å². The first-order chi connectivity index (χ1) is 12.5. The van der Waals surface area contributed by atoms with Crippen LogP contribution in [0.4, 0.5) is 0 Å². The molecule has 0 unspecified atom stereocenters. The second-order valence-corrected chi connectivity index (χ2v) is 7.65. The van der Waals surface area contributed by atoms with E-state index in [2.05, 4.69) is 64.1 Å². The first-order valence-corrected chi connectivity index (χ1v) is 9.73. The molecule has 2 aromatic carbocycles. The van der Waals surface area contributed by atoms with Gasteiger partial charge < -0.3 is 9.47 Å². The van der Waals surface area contributed by atoms with E-state index in [0.717, 1.165) is 24.3 Å². The summed E-state index contributed by atoms with van der Waals surface area (Å²) in [6, 6.07) is 13.0. The van der Waals surface area contributed by atoms with E-state index in [1.54, 1.807) is 14.2 Å². The van der Waals surface area contributed by atoms with Gasteiger partial charge in [0.15, 0.2) is 0 Å². The van der Waals surface area contributed by atoms with E-state index in [4.69, 9.17) is 9.47 Å². The van der Waals surface area contributed by atoms with Crippen molar-refractivity contribution < 1.29 is 9.47 Å². The predicted molar refractivity (Wildman–Crippen MR) is 110 cm³/mol. The third kappa shape index (κ3) is 5.52. The van der Waals surface area contributed by atoms with Gasteiger partial charge in [-0.05, 0) is 68.2 Å². The van der Waals surface area contributed by atoms with Crippen LogP contribution >= 0.6 is 0 Å². The molecule has 0 fully saturated rings. The maximum absolute atomic E-state index is 5.57. The number of hydrogen-bond donors (Lipinski definition) is 0. The summed E-state index contributed by atoms with van der Waals surface area (Å²) in [5, 5.41) is 0. The molecular weight excluding hydrogens is 320 g/mol. The molecule has 2 nitrogen and oxygen atoms in total. The van der Waals surface area contributed by atoms with Crippen molar-refractivity contribution >= 4 is 0 Å². The molecule has 0 aliphatic heterocycles. The molecule has 0 spiro atoms. The highest BCUT2D eigenvalue weighted by molar-refractivity contribution is 5.38. The molecule has 142 valence electrons. The summed E-state index contributed by atoms with van der Waals surface area (Å²) >= 11 is 0. The lowest BCUT2D eigenvalue weighted by Gasteiger charge is -2.22. The Bertz CT molecular complexity index is 705. The Kier molecular flexibility index (Phi) is 7.56. The van der Waals surface area contributed by atoms with E-state index in [1.165, 1.54) is 35.1 Å². The quantitative estimate of drug-likeness (QED) is 0.537. The molecule has 2 rings (SSSR count). The molecule has 26 heavy (non-hydrogen) atoms. The number of hydrogen-bond acceptors (Lipinski definition) is 2. The highest BCUT2D eigenvalue weighted by Crippen LogP contribution is 2.30. The van der Waals surface area contributed by atoms with E-state index in [9.17, 15) is 0 Å². The lowest BCUT2D eigenvalue weighted by atomic mass is 9.85. The van der Waals surface area contributed by atoms with Crippen molar-refractivity contribution in [1.82, 2.24) is 0 Å². The smallest absolute Gasteiger partial charge is 0.122 e. The zero-order valence-electron chi connectivity index (χ0n) is 17.3. The minimum absolute atomic E-state index is 0.617. The predicted octanol–water partition coefficient (Wildman–Crippen LogP) is 6.16. The van der Waals surface area contributed by atoms with Crippen molar-refractivity contribution in [3.05, 3.63) is 58.7 Å². The first-order valence-electron chi connectivity index (χ1n) is 9.73. The second kappa shape index (κ2) is 9.66. The fourth-order valence-electron chi connectivity index (χ4n) is 3.87.